The normalized spacial score (nSPS) is 11.1. The van der Waals surface area contributed by atoms with Crippen molar-refractivity contribution >= 4 is 20.2 Å². The van der Waals surface area contributed by atoms with Gasteiger partial charge in [-0.05, 0) is 10.8 Å². The Balaban J connectivity index is 3.09. The highest BCUT2D eigenvalue weighted by Crippen LogP contribution is 2.32. The number of hydrogen-bond acceptors (Lipinski definition) is 1. The molecule has 2 heterocycles. The lowest BCUT2D eigenvalue weighted by atomic mass is 10.4. The van der Waals surface area contributed by atoms with E-state index < -0.39 is 10.8 Å². The Kier molecular flexibility index (Phi) is 0.652. The molecule has 40 valence electrons. The molecule has 0 aromatic carbocycles. The van der Waals surface area contributed by atoms with E-state index in [0.29, 0.717) is 0 Å². The van der Waals surface area contributed by atoms with Gasteiger partial charge in [-0.3, -0.25) is 0 Å². The zero-order valence-electron chi connectivity index (χ0n) is 4.13. The Hall–Kier alpha value is -0.600. The van der Waals surface area contributed by atoms with Crippen LogP contribution in [0.1, 0.15) is 0 Å². The number of rotatable bonds is 0. The van der Waals surface area contributed by atoms with E-state index in [1.165, 1.54) is 0 Å². The first-order chi connectivity index (χ1) is 3.88. The van der Waals surface area contributed by atoms with Crippen LogP contribution in [-0.2, 0) is 0 Å². The van der Waals surface area contributed by atoms with E-state index in [1.54, 1.807) is 0 Å². The van der Waals surface area contributed by atoms with Crippen molar-refractivity contribution in [2.75, 3.05) is 0 Å². The summed E-state index contributed by atoms with van der Waals surface area (Å²) in [5.74, 6) is 0. The average Bonchev–Trinajstić information content (AvgIpc) is 2.29. The monoisotopic (exact) mass is 124 g/mol. The molecule has 0 spiro atoms. The van der Waals surface area contributed by atoms with Gasteiger partial charge in [-0.2, -0.15) is 0 Å². The van der Waals surface area contributed by atoms with Gasteiger partial charge in [0.2, 0.25) is 0 Å². The summed E-state index contributed by atoms with van der Waals surface area (Å²) in [6.07, 6.45) is 0. The third kappa shape index (κ3) is 0.345. The molecule has 0 aliphatic carbocycles. The molecule has 2 heteroatoms. The Morgan fingerprint density at radius 1 is 1.00 bits per heavy atom. The van der Waals surface area contributed by atoms with E-state index in [2.05, 4.69) is 0 Å². The van der Waals surface area contributed by atoms with Crippen molar-refractivity contribution in [3.63, 3.8) is 0 Å². The molecule has 2 aromatic rings. The molecular weight excluding hydrogens is 120 g/mol. The SMILES string of the molecule is [O-][s+]1c2ccc1cc2. The van der Waals surface area contributed by atoms with Gasteiger partial charge in [0.15, 0.2) is 9.40 Å². The molecule has 0 N–H and O–H groups in total. The Morgan fingerprint density at radius 3 is 1.50 bits per heavy atom. The minimum Gasteiger partial charge on any atom is -0.590 e. The van der Waals surface area contributed by atoms with Crippen LogP contribution in [0.5, 0.6) is 0 Å². The molecule has 0 unspecified atom stereocenters. The second-order valence-electron chi connectivity index (χ2n) is 1.74. The van der Waals surface area contributed by atoms with Gasteiger partial charge < -0.3 is 4.55 Å². The highest BCUT2D eigenvalue weighted by molar-refractivity contribution is 7.36. The van der Waals surface area contributed by atoms with Crippen LogP contribution < -0.4 is 0 Å². The van der Waals surface area contributed by atoms with Crippen molar-refractivity contribution in [1.29, 1.82) is 0 Å². The summed E-state index contributed by atoms with van der Waals surface area (Å²) >= 11 is 0. The van der Waals surface area contributed by atoms with Gasteiger partial charge in [-0.15, -0.1) is 0 Å². The molecule has 0 radical (unpaired) electrons. The minimum atomic E-state index is -0.790. The second-order valence-corrected chi connectivity index (χ2v) is 3.22. The highest BCUT2D eigenvalue weighted by atomic mass is 32.2. The van der Waals surface area contributed by atoms with Crippen LogP contribution in [0.4, 0.5) is 0 Å². The number of benzene rings is 1. The number of thiophene rings is 2. The van der Waals surface area contributed by atoms with Gasteiger partial charge in [-0.1, -0.05) is 0 Å². The largest absolute Gasteiger partial charge is 0.590 e. The van der Waals surface area contributed by atoms with Crippen molar-refractivity contribution in [1.82, 2.24) is 0 Å². The van der Waals surface area contributed by atoms with Crippen LogP contribution in [-0.4, -0.2) is 4.55 Å². The number of hydrogen-bond donors (Lipinski definition) is 0. The lowest BCUT2D eigenvalue weighted by Gasteiger charge is -1.79. The van der Waals surface area contributed by atoms with Gasteiger partial charge in [0, 0.05) is 24.3 Å². The van der Waals surface area contributed by atoms with Crippen molar-refractivity contribution in [2.45, 2.75) is 0 Å². The van der Waals surface area contributed by atoms with E-state index in [4.69, 9.17) is 0 Å². The predicted molar refractivity (Wildman–Crippen MR) is 33.8 cm³/mol. The van der Waals surface area contributed by atoms with Crippen molar-refractivity contribution in [3.05, 3.63) is 24.3 Å². The van der Waals surface area contributed by atoms with Crippen LogP contribution >= 0.6 is 10.8 Å². The summed E-state index contributed by atoms with van der Waals surface area (Å²) in [5.41, 5.74) is 0. The Bertz CT molecular complexity index is 238. The van der Waals surface area contributed by atoms with Crippen LogP contribution in [0.2, 0.25) is 0 Å². The fraction of sp³-hybridized carbons (Fsp3) is 0. The zero-order valence-corrected chi connectivity index (χ0v) is 4.94. The van der Waals surface area contributed by atoms with Crippen molar-refractivity contribution in [2.24, 2.45) is 0 Å². The standard InChI is InChI=1S/C6H4OS/c7-8-5-1-2-6(8)4-3-5/h1-4H. The van der Waals surface area contributed by atoms with Gasteiger partial charge in [-0.25, -0.2) is 0 Å². The third-order valence-electron chi connectivity index (χ3n) is 1.25. The van der Waals surface area contributed by atoms with E-state index in [-0.39, 0.29) is 0 Å². The molecule has 0 amide bonds. The molecule has 2 bridgehead atoms. The molecule has 0 saturated heterocycles. The fourth-order valence-corrected chi connectivity index (χ4v) is 1.86. The van der Waals surface area contributed by atoms with Crippen LogP contribution in [0.3, 0.4) is 0 Å². The van der Waals surface area contributed by atoms with Gasteiger partial charge in [0.25, 0.3) is 0 Å². The fourth-order valence-electron chi connectivity index (χ4n) is 0.823. The van der Waals surface area contributed by atoms with Gasteiger partial charge in [0.05, 0.1) is 0 Å². The lowest BCUT2D eigenvalue weighted by molar-refractivity contribution is 0.602. The minimum absolute atomic E-state index is 0.790. The van der Waals surface area contributed by atoms with Crippen molar-refractivity contribution < 1.29 is 4.55 Å². The third-order valence-corrected chi connectivity index (χ3v) is 2.65. The molecule has 2 aromatic heterocycles. The molecular formula is C6H4OS. The molecule has 2 rings (SSSR count). The first kappa shape index (κ1) is 4.30. The quantitative estimate of drug-likeness (QED) is 0.492. The first-order valence-corrected chi connectivity index (χ1v) is 3.55. The van der Waals surface area contributed by atoms with Crippen LogP contribution in [0.15, 0.2) is 24.3 Å². The first-order valence-electron chi connectivity index (χ1n) is 2.40. The maximum atomic E-state index is 10.9. The smallest absolute Gasteiger partial charge is 0.173 e. The lowest BCUT2D eigenvalue weighted by Crippen LogP contribution is -1.43. The second kappa shape index (κ2) is 1.21. The average molecular weight is 124 g/mol. The molecule has 0 atom stereocenters. The van der Waals surface area contributed by atoms with Crippen LogP contribution in [0, 0.1) is 0 Å². The Morgan fingerprint density at radius 2 is 1.38 bits per heavy atom. The zero-order chi connectivity index (χ0) is 5.56. The molecule has 0 aliphatic heterocycles. The van der Waals surface area contributed by atoms with Gasteiger partial charge in [0.1, 0.15) is 0 Å². The van der Waals surface area contributed by atoms with Gasteiger partial charge >= 0.3 is 0 Å². The van der Waals surface area contributed by atoms with E-state index >= 15 is 0 Å². The maximum Gasteiger partial charge on any atom is 0.173 e. The van der Waals surface area contributed by atoms with Crippen molar-refractivity contribution in [3.8, 4) is 0 Å². The summed E-state index contributed by atoms with van der Waals surface area (Å²) in [6, 6.07) is 7.58. The van der Waals surface area contributed by atoms with E-state index in [0.717, 1.165) is 9.40 Å². The Labute approximate surface area is 49.7 Å². The predicted octanol–water partition coefficient (Wildman–Crippen LogP) is 2.01. The topological polar surface area (TPSA) is 23.1 Å². The molecule has 0 saturated carbocycles. The molecule has 0 aliphatic rings. The number of fused-ring (bicyclic) bond motifs is 2. The molecule has 0 fully saturated rings. The molecule has 1 nitrogen and oxygen atoms in total. The highest BCUT2D eigenvalue weighted by Gasteiger charge is 2.05. The van der Waals surface area contributed by atoms with Crippen LogP contribution in [0.25, 0.3) is 9.40 Å². The summed E-state index contributed by atoms with van der Waals surface area (Å²) in [6.45, 7) is 0. The summed E-state index contributed by atoms with van der Waals surface area (Å²) < 4.78 is 12.8. The van der Waals surface area contributed by atoms with E-state index in [9.17, 15) is 4.55 Å². The van der Waals surface area contributed by atoms with E-state index in [1.807, 2.05) is 24.3 Å². The maximum absolute atomic E-state index is 10.9. The summed E-state index contributed by atoms with van der Waals surface area (Å²) in [4.78, 5) is 0. The molecule has 8 heavy (non-hydrogen) atoms. The summed E-state index contributed by atoms with van der Waals surface area (Å²) in [7, 11) is -0.790. The summed E-state index contributed by atoms with van der Waals surface area (Å²) in [5, 5.41) is 0.